The lowest BCUT2D eigenvalue weighted by molar-refractivity contribution is -0.384. The topological polar surface area (TPSA) is 151 Å². The van der Waals surface area contributed by atoms with E-state index in [-0.39, 0.29) is 18.9 Å². The van der Waals surface area contributed by atoms with Crippen LogP contribution in [0, 0.1) is 10.1 Å². The summed E-state index contributed by atoms with van der Waals surface area (Å²) in [5.41, 5.74) is 0.430. The number of rotatable bonds is 8. The van der Waals surface area contributed by atoms with E-state index in [1.807, 2.05) is 0 Å². The summed E-state index contributed by atoms with van der Waals surface area (Å²) in [5.74, 6) is -1.33. The zero-order valence-electron chi connectivity index (χ0n) is 18.9. The van der Waals surface area contributed by atoms with Crippen molar-refractivity contribution in [1.29, 1.82) is 0 Å². The summed E-state index contributed by atoms with van der Waals surface area (Å²) < 4.78 is 22.8. The summed E-state index contributed by atoms with van der Waals surface area (Å²) in [4.78, 5) is 49.5. The SMILES string of the molecule is CC1(C)C(C(=O)OCc2ccc([N+](=O)[O-])cc2)N2C(=O)[C@@H](NC(=O)COc3ccccc3)[C@H]2[S@@+]1[O-]. The van der Waals surface area contributed by atoms with Gasteiger partial charge in [-0.25, -0.2) is 4.79 Å². The third-order valence-electron chi connectivity index (χ3n) is 5.94. The minimum atomic E-state index is -1.66. The molecule has 0 saturated carbocycles. The Morgan fingerprint density at radius 3 is 2.43 bits per heavy atom. The van der Waals surface area contributed by atoms with Gasteiger partial charge in [0.1, 0.15) is 12.4 Å². The highest BCUT2D eigenvalue weighted by Gasteiger charge is 2.73. The molecule has 2 heterocycles. The van der Waals surface area contributed by atoms with Gasteiger partial charge in [-0.2, -0.15) is 0 Å². The first kappa shape index (κ1) is 24.5. The second kappa shape index (κ2) is 9.55. The Balaban J connectivity index is 1.38. The second-order valence-electron chi connectivity index (χ2n) is 8.62. The van der Waals surface area contributed by atoms with E-state index in [4.69, 9.17) is 9.47 Å². The predicted molar refractivity (Wildman–Crippen MR) is 123 cm³/mol. The van der Waals surface area contributed by atoms with Gasteiger partial charge in [-0.3, -0.25) is 24.6 Å². The maximum atomic E-state index is 13.2. The van der Waals surface area contributed by atoms with Gasteiger partial charge >= 0.3 is 5.97 Å². The van der Waals surface area contributed by atoms with Crippen molar-refractivity contribution in [2.45, 2.75) is 42.7 Å². The Morgan fingerprint density at radius 1 is 1.14 bits per heavy atom. The van der Waals surface area contributed by atoms with Gasteiger partial charge in [0.2, 0.25) is 5.37 Å². The van der Waals surface area contributed by atoms with Crippen molar-refractivity contribution in [2.75, 3.05) is 6.61 Å². The number of para-hydroxylation sites is 1. The lowest BCUT2D eigenvalue weighted by Gasteiger charge is -2.41. The number of hydrogen-bond donors (Lipinski definition) is 1. The number of benzene rings is 2. The molecule has 2 aliphatic rings. The van der Waals surface area contributed by atoms with E-state index in [2.05, 4.69) is 5.32 Å². The van der Waals surface area contributed by atoms with Crippen LogP contribution < -0.4 is 10.1 Å². The fourth-order valence-electron chi connectivity index (χ4n) is 4.10. The zero-order chi connectivity index (χ0) is 25.3. The molecule has 4 atom stereocenters. The molecule has 0 radical (unpaired) electrons. The molecule has 11 nitrogen and oxygen atoms in total. The maximum Gasteiger partial charge on any atom is 0.334 e. The molecule has 0 spiro atoms. The summed E-state index contributed by atoms with van der Waals surface area (Å²) >= 11 is -1.66. The van der Waals surface area contributed by atoms with Gasteiger partial charge in [-0.1, -0.05) is 18.2 Å². The molecular formula is C23H23N3O8S. The minimum Gasteiger partial charge on any atom is -0.614 e. The highest BCUT2D eigenvalue weighted by molar-refractivity contribution is 7.94. The molecule has 2 fully saturated rings. The number of non-ortho nitro benzene ring substituents is 1. The first-order chi connectivity index (χ1) is 16.6. The lowest BCUT2D eigenvalue weighted by atomic mass is 9.96. The third-order valence-corrected chi connectivity index (χ3v) is 8.13. The average molecular weight is 502 g/mol. The molecule has 0 bridgehead atoms. The van der Waals surface area contributed by atoms with E-state index in [1.165, 1.54) is 29.2 Å². The van der Waals surface area contributed by atoms with Crippen LogP contribution >= 0.6 is 0 Å². The molecule has 184 valence electrons. The molecule has 1 unspecified atom stereocenters. The van der Waals surface area contributed by atoms with E-state index in [1.54, 1.807) is 44.2 Å². The number of β-lactam (4-membered cyclic amide) rings is 1. The summed E-state index contributed by atoms with van der Waals surface area (Å²) in [6, 6.07) is 12.1. The highest BCUT2D eigenvalue weighted by atomic mass is 32.2. The molecule has 12 heteroatoms. The molecule has 4 rings (SSSR count). The number of amides is 2. The fourth-order valence-corrected chi connectivity index (χ4v) is 6.02. The van der Waals surface area contributed by atoms with Crippen molar-refractivity contribution in [3.8, 4) is 5.75 Å². The van der Waals surface area contributed by atoms with E-state index < -0.39 is 56.1 Å². The van der Waals surface area contributed by atoms with Crippen molar-refractivity contribution >= 4 is 34.6 Å². The second-order valence-corrected chi connectivity index (χ2v) is 10.7. The van der Waals surface area contributed by atoms with Gasteiger partial charge in [0.25, 0.3) is 17.5 Å². The number of nitrogens with zero attached hydrogens (tertiary/aromatic N) is 2. The van der Waals surface area contributed by atoms with Crippen LogP contribution in [0.15, 0.2) is 54.6 Å². The predicted octanol–water partition coefficient (Wildman–Crippen LogP) is 1.28. The van der Waals surface area contributed by atoms with E-state index in [9.17, 15) is 29.1 Å². The highest BCUT2D eigenvalue weighted by Crippen LogP contribution is 2.46. The van der Waals surface area contributed by atoms with Crippen LogP contribution in [-0.2, 0) is 36.9 Å². The third kappa shape index (κ3) is 4.66. The Morgan fingerprint density at radius 2 is 1.80 bits per heavy atom. The quantitative estimate of drug-likeness (QED) is 0.187. The minimum absolute atomic E-state index is 0.0938. The maximum absolute atomic E-state index is 13.2. The molecule has 2 aliphatic heterocycles. The Labute approximate surface area is 203 Å². The number of hydrogen-bond acceptors (Lipinski definition) is 8. The first-order valence-corrected chi connectivity index (χ1v) is 11.9. The largest absolute Gasteiger partial charge is 0.614 e. The number of nitro benzene ring substituents is 1. The number of nitro groups is 1. The van der Waals surface area contributed by atoms with Crippen LogP contribution in [-0.4, -0.2) is 61.0 Å². The average Bonchev–Trinajstić information content (AvgIpc) is 3.03. The van der Waals surface area contributed by atoms with Gasteiger partial charge in [0, 0.05) is 12.1 Å². The van der Waals surface area contributed by atoms with Crippen molar-refractivity contribution in [2.24, 2.45) is 0 Å². The number of fused-ring (bicyclic) bond motifs is 1. The smallest absolute Gasteiger partial charge is 0.334 e. The van der Waals surface area contributed by atoms with Gasteiger partial charge in [0.05, 0.1) is 4.92 Å². The van der Waals surface area contributed by atoms with Crippen molar-refractivity contribution in [1.82, 2.24) is 10.2 Å². The summed E-state index contributed by atoms with van der Waals surface area (Å²) in [6.45, 7) is 2.71. The summed E-state index contributed by atoms with van der Waals surface area (Å²) in [6.07, 6.45) is 0. The monoisotopic (exact) mass is 501 g/mol. The van der Waals surface area contributed by atoms with Crippen molar-refractivity contribution in [3.05, 3.63) is 70.3 Å². The molecule has 2 aromatic rings. The molecule has 35 heavy (non-hydrogen) atoms. The molecule has 2 amide bonds. The van der Waals surface area contributed by atoms with Crippen LogP contribution in [0.5, 0.6) is 5.75 Å². The van der Waals surface area contributed by atoms with Crippen molar-refractivity contribution < 1.29 is 33.3 Å². The lowest BCUT2D eigenvalue weighted by Crippen LogP contribution is -2.72. The van der Waals surface area contributed by atoms with Crippen LogP contribution in [0.4, 0.5) is 5.69 Å². The zero-order valence-corrected chi connectivity index (χ0v) is 19.7. The van der Waals surface area contributed by atoms with Gasteiger partial charge in [-0.05, 0) is 54.9 Å². The molecule has 0 aromatic heterocycles. The first-order valence-electron chi connectivity index (χ1n) is 10.7. The molecule has 1 N–H and O–H groups in total. The normalized spacial score (nSPS) is 24.2. The van der Waals surface area contributed by atoms with Gasteiger partial charge < -0.3 is 19.3 Å². The Bertz CT molecular complexity index is 1140. The number of ether oxygens (including phenoxy) is 2. The van der Waals surface area contributed by atoms with Crippen molar-refractivity contribution in [3.63, 3.8) is 0 Å². The number of esters is 1. The van der Waals surface area contributed by atoms with Gasteiger partial charge in [0.15, 0.2) is 23.4 Å². The van der Waals surface area contributed by atoms with Gasteiger partial charge in [-0.15, -0.1) is 0 Å². The molecule has 2 aromatic carbocycles. The van der Waals surface area contributed by atoms with E-state index in [0.717, 1.165) is 0 Å². The summed E-state index contributed by atoms with van der Waals surface area (Å²) in [7, 11) is 0. The van der Waals surface area contributed by atoms with Crippen LogP contribution in [0.25, 0.3) is 0 Å². The van der Waals surface area contributed by atoms with Crippen LogP contribution in [0.2, 0.25) is 0 Å². The van der Waals surface area contributed by atoms with Crippen LogP contribution in [0.1, 0.15) is 19.4 Å². The number of carbonyl (C=O) groups is 3. The molecule has 2 saturated heterocycles. The number of carbonyl (C=O) groups excluding carboxylic acids is 3. The van der Waals surface area contributed by atoms with Crippen LogP contribution in [0.3, 0.4) is 0 Å². The van der Waals surface area contributed by atoms with E-state index in [0.29, 0.717) is 11.3 Å². The summed E-state index contributed by atoms with van der Waals surface area (Å²) in [5, 5.41) is 12.5. The molecule has 0 aliphatic carbocycles. The van der Waals surface area contributed by atoms with E-state index >= 15 is 0 Å². The Hall–Kier alpha value is -3.64. The fraction of sp³-hybridized carbons (Fsp3) is 0.348. The standard InChI is InChI=1S/C23H23N3O8S/c1-23(2)19(22(29)34-12-14-8-10-15(11-9-14)26(30)31)25-20(28)18(21(25)35(23)32)24-17(27)13-33-16-6-4-3-5-7-16/h3-11,18-19,21H,12-13H2,1-2H3,(H,24,27)/t18-,19?,21-,35-/m1/s1. The molecular weight excluding hydrogens is 478 g/mol. The Kier molecular flexibility index (Phi) is 6.68. The number of nitrogens with one attached hydrogen (secondary N) is 1.